The van der Waals surface area contributed by atoms with E-state index in [2.05, 4.69) is 45.7 Å². The van der Waals surface area contributed by atoms with Gasteiger partial charge in [-0.25, -0.2) is 18.0 Å². The van der Waals surface area contributed by atoms with Crippen molar-refractivity contribution in [3.8, 4) is 0 Å². The van der Waals surface area contributed by atoms with Crippen LogP contribution in [0.15, 0.2) is 59.5 Å². The van der Waals surface area contributed by atoms with Crippen LogP contribution in [0.3, 0.4) is 0 Å². The number of aryl methyl sites for hydroxylation is 4. The van der Waals surface area contributed by atoms with Gasteiger partial charge in [0.05, 0.1) is 16.1 Å². The molecule has 0 saturated carbocycles. The number of benzene rings is 3. The van der Waals surface area contributed by atoms with E-state index in [1.807, 2.05) is 19.9 Å². The summed E-state index contributed by atoms with van der Waals surface area (Å²) in [4.78, 5) is 25.5. The average Bonchev–Trinajstić information content (AvgIpc) is 2.90. The highest BCUT2D eigenvalue weighted by Gasteiger charge is 2.38. The van der Waals surface area contributed by atoms with Crippen LogP contribution >= 0.6 is 0 Å². The molecule has 4 rings (SSSR count). The predicted molar refractivity (Wildman–Crippen MR) is 154 cm³/mol. The second-order valence-corrected chi connectivity index (χ2v) is 11.6. The van der Waals surface area contributed by atoms with Crippen LogP contribution in [0.2, 0.25) is 0 Å². The molecule has 1 aliphatic heterocycles. The third-order valence-electron chi connectivity index (χ3n) is 6.81. The SMILES string of the molecule is Cc1cccc(N2CCN(c3ccc(NS(=O)(=O)c4cc(C)c(C)cc4C)c(C(=O)O)c3)CC2)c1.O=C(O)C(F)(F)F. The number of hydrogen-bond acceptors (Lipinski definition) is 6. The molecule has 0 amide bonds. The van der Waals surface area contributed by atoms with Crippen molar-refractivity contribution < 1.29 is 41.4 Å². The van der Waals surface area contributed by atoms with Crippen molar-refractivity contribution in [2.75, 3.05) is 40.7 Å². The zero-order chi connectivity index (χ0) is 31.4. The number of carboxylic acids is 2. The van der Waals surface area contributed by atoms with Crippen LogP contribution in [-0.4, -0.2) is 62.9 Å². The quantitative estimate of drug-likeness (QED) is 0.341. The highest BCUT2D eigenvalue weighted by molar-refractivity contribution is 7.92. The minimum absolute atomic E-state index is 0.0530. The van der Waals surface area contributed by atoms with Gasteiger partial charge in [0, 0.05) is 37.6 Å². The van der Waals surface area contributed by atoms with Crippen molar-refractivity contribution in [3.05, 3.63) is 82.4 Å². The normalized spacial score (nSPS) is 13.7. The van der Waals surface area contributed by atoms with Gasteiger partial charge in [-0.1, -0.05) is 18.2 Å². The number of carboxylic acid groups (broad SMARTS) is 2. The summed E-state index contributed by atoms with van der Waals surface area (Å²) in [5, 5.41) is 17.0. The molecule has 0 atom stereocenters. The number of halogens is 3. The summed E-state index contributed by atoms with van der Waals surface area (Å²) in [6.45, 7) is 10.7. The minimum atomic E-state index is -5.08. The van der Waals surface area contributed by atoms with Gasteiger partial charge in [0.2, 0.25) is 0 Å². The molecule has 0 unspecified atom stereocenters. The first-order chi connectivity index (χ1) is 19.5. The highest BCUT2D eigenvalue weighted by atomic mass is 32.2. The van der Waals surface area contributed by atoms with E-state index in [4.69, 9.17) is 9.90 Å². The van der Waals surface area contributed by atoms with Gasteiger partial charge in [0.15, 0.2) is 0 Å². The van der Waals surface area contributed by atoms with Gasteiger partial charge in [-0.2, -0.15) is 13.2 Å². The Kier molecular flexibility index (Phi) is 9.77. The molecule has 0 radical (unpaired) electrons. The largest absolute Gasteiger partial charge is 0.490 e. The summed E-state index contributed by atoms with van der Waals surface area (Å²) >= 11 is 0. The van der Waals surface area contributed by atoms with Crippen molar-refractivity contribution in [2.45, 2.75) is 38.8 Å². The van der Waals surface area contributed by atoms with Crippen molar-refractivity contribution in [3.63, 3.8) is 0 Å². The summed E-state index contributed by atoms with van der Waals surface area (Å²) < 4.78 is 60.5. The molecule has 3 N–H and O–H groups in total. The molecule has 226 valence electrons. The number of aliphatic carboxylic acids is 1. The van der Waals surface area contributed by atoms with E-state index in [1.165, 1.54) is 11.3 Å². The molecule has 13 heteroatoms. The van der Waals surface area contributed by atoms with E-state index in [1.54, 1.807) is 31.2 Å². The molecule has 1 aliphatic rings. The van der Waals surface area contributed by atoms with E-state index in [-0.39, 0.29) is 16.1 Å². The number of piperazine rings is 1. The summed E-state index contributed by atoms with van der Waals surface area (Å²) in [5.41, 5.74) is 5.60. The summed E-state index contributed by atoms with van der Waals surface area (Å²) in [5.74, 6) is -3.94. The Morgan fingerprint density at radius 3 is 1.81 bits per heavy atom. The van der Waals surface area contributed by atoms with Crippen LogP contribution in [0.5, 0.6) is 0 Å². The number of hydrogen-bond donors (Lipinski definition) is 3. The lowest BCUT2D eigenvalue weighted by atomic mass is 10.1. The lowest BCUT2D eigenvalue weighted by molar-refractivity contribution is -0.192. The monoisotopic (exact) mass is 607 g/mol. The number of nitrogens with one attached hydrogen (secondary N) is 1. The Morgan fingerprint density at radius 2 is 1.31 bits per heavy atom. The number of anilines is 3. The van der Waals surface area contributed by atoms with Gasteiger partial charge in [0.25, 0.3) is 10.0 Å². The summed E-state index contributed by atoms with van der Waals surface area (Å²) in [6, 6.07) is 16.7. The van der Waals surface area contributed by atoms with E-state index < -0.39 is 28.1 Å². The Balaban J connectivity index is 0.000000616. The average molecular weight is 608 g/mol. The van der Waals surface area contributed by atoms with Crippen molar-refractivity contribution in [1.29, 1.82) is 0 Å². The van der Waals surface area contributed by atoms with Gasteiger partial charge >= 0.3 is 18.1 Å². The fourth-order valence-electron chi connectivity index (χ4n) is 4.47. The Bertz CT molecular complexity index is 1580. The molecule has 42 heavy (non-hydrogen) atoms. The first-order valence-corrected chi connectivity index (χ1v) is 14.3. The smallest absolute Gasteiger partial charge is 0.478 e. The van der Waals surface area contributed by atoms with Gasteiger partial charge in [-0.05, 0) is 86.3 Å². The number of carbonyl (C=O) groups is 2. The molecule has 9 nitrogen and oxygen atoms in total. The predicted octanol–water partition coefficient (Wildman–Crippen LogP) is 5.38. The molecule has 1 saturated heterocycles. The molecular formula is C29H32F3N3O6S. The number of nitrogens with zero attached hydrogens (tertiary/aromatic N) is 2. The van der Waals surface area contributed by atoms with Crippen molar-refractivity contribution in [1.82, 2.24) is 0 Å². The molecule has 0 bridgehead atoms. The van der Waals surface area contributed by atoms with E-state index >= 15 is 0 Å². The molecule has 3 aromatic rings. The molecular weight excluding hydrogens is 575 g/mol. The second kappa shape index (κ2) is 12.7. The fourth-order valence-corrected chi connectivity index (χ4v) is 5.86. The Labute approximate surface area is 242 Å². The number of rotatable bonds is 6. The number of alkyl halides is 3. The fraction of sp³-hybridized carbons (Fsp3) is 0.310. The van der Waals surface area contributed by atoms with Crippen LogP contribution < -0.4 is 14.5 Å². The topological polar surface area (TPSA) is 127 Å². The minimum Gasteiger partial charge on any atom is -0.478 e. The second-order valence-electron chi connectivity index (χ2n) is 9.96. The molecule has 1 heterocycles. The van der Waals surface area contributed by atoms with Crippen LogP contribution in [-0.2, 0) is 14.8 Å². The number of aromatic carboxylic acids is 1. The number of sulfonamides is 1. The molecule has 0 spiro atoms. The Morgan fingerprint density at radius 1 is 0.786 bits per heavy atom. The molecule has 3 aromatic carbocycles. The summed E-state index contributed by atoms with van der Waals surface area (Å²) in [6.07, 6.45) is -5.08. The maximum atomic E-state index is 13.1. The molecule has 1 fully saturated rings. The third kappa shape index (κ3) is 7.93. The highest BCUT2D eigenvalue weighted by Crippen LogP contribution is 2.29. The van der Waals surface area contributed by atoms with Crippen LogP contribution in [0.4, 0.5) is 30.2 Å². The van der Waals surface area contributed by atoms with E-state index in [9.17, 15) is 31.5 Å². The van der Waals surface area contributed by atoms with Crippen molar-refractivity contribution in [2.24, 2.45) is 0 Å². The van der Waals surface area contributed by atoms with Crippen LogP contribution in [0.25, 0.3) is 0 Å². The Hall–Kier alpha value is -4.26. The van der Waals surface area contributed by atoms with Crippen molar-refractivity contribution >= 4 is 39.0 Å². The van der Waals surface area contributed by atoms with E-state index in [0.717, 1.165) is 43.0 Å². The molecule has 0 aliphatic carbocycles. The standard InChI is InChI=1S/C27H31N3O4S.C2HF3O2/c1-18-6-5-7-22(14-18)29-10-12-30(13-11-29)23-8-9-25(24(17-23)27(31)32)28-35(33,34)26-16-20(3)19(2)15-21(26)4;3-2(4,5)1(6)7/h5-9,14-17,28H,10-13H2,1-4H3,(H,31,32);(H,6,7). The van der Waals surface area contributed by atoms with E-state index in [0.29, 0.717) is 5.56 Å². The zero-order valence-corrected chi connectivity index (χ0v) is 24.3. The van der Waals surface area contributed by atoms with Crippen LogP contribution in [0.1, 0.15) is 32.6 Å². The lowest BCUT2D eigenvalue weighted by Crippen LogP contribution is -2.46. The zero-order valence-electron chi connectivity index (χ0n) is 23.5. The van der Waals surface area contributed by atoms with Gasteiger partial charge in [0.1, 0.15) is 0 Å². The third-order valence-corrected chi connectivity index (χ3v) is 8.32. The van der Waals surface area contributed by atoms with Gasteiger partial charge < -0.3 is 20.0 Å². The first-order valence-electron chi connectivity index (χ1n) is 12.8. The van der Waals surface area contributed by atoms with Gasteiger partial charge in [-0.3, -0.25) is 4.72 Å². The van der Waals surface area contributed by atoms with Gasteiger partial charge in [-0.15, -0.1) is 0 Å². The lowest BCUT2D eigenvalue weighted by Gasteiger charge is -2.37. The molecule has 0 aromatic heterocycles. The maximum Gasteiger partial charge on any atom is 0.490 e. The van der Waals surface area contributed by atoms with Crippen LogP contribution in [0, 0.1) is 27.7 Å². The summed E-state index contributed by atoms with van der Waals surface area (Å²) in [7, 11) is -3.95. The first kappa shape index (κ1) is 32.3. The maximum absolute atomic E-state index is 13.1.